The number of nitrogens with zero attached hydrogens (tertiary/aromatic N) is 3. The summed E-state index contributed by atoms with van der Waals surface area (Å²) in [5.74, 6) is 0.416. The van der Waals surface area contributed by atoms with Gasteiger partial charge in [-0.15, -0.1) is 0 Å². The van der Waals surface area contributed by atoms with Crippen LogP contribution in [0.15, 0.2) is 61.6 Å². The van der Waals surface area contributed by atoms with Crippen LogP contribution < -0.4 is 15.9 Å². The molecule has 0 saturated carbocycles. The number of hydrogen-bond acceptors (Lipinski definition) is 4. The monoisotopic (exact) mass is 532 g/mol. The minimum atomic E-state index is -0.273. The van der Waals surface area contributed by atoms with E-state index in [-0.39, 0.29) is 5.82 Å². The fourth-order valence-corrected chi connectivity index (χ4v) is 5.67. The molecule has 1 aromatic carbocycles. The van der Waals surface area contributed by atoms with Crippen LogP contribution in [0.4, 0.5) is 4.39 Å². The minimum absolute atomic E-state index is 0.273. The van der Waals surface area contributed by atoms with E-state index in [0.717, 1.165) is 80.3 Å². The lowest BCUT2D eigenvalue weighted by Gasteiger charge is -2.22. The smallest absolute Gasteiger partial charge is 0.124 e. The van der Waals surface area contributed by atoms with Gasteiger partial charge < -0.3 is 10.3 Å². The number of aromatic amines is 2. The molecule has 0 aliphatic carbocycles. The van der Waals surface area contributed by atoms with E-state index in [1.807, 2.05) is 50.5 Å². The van der Waals surface area contributed by atoms with Crippen molar-refractivity contribution in [2.45, 2.75) is 33.1 Å². The lowest BCUT2D eigenvalue weighted by Crippen LogP contribution is -2.28. The van der Waals surface area contributed by atoms with Crippen LogP contribution in [0.1, 0.15) is 36.5 Å². The molecular formula is C33H33FN6. The van der Waals surface area contributed by atoms with Crippen LogP contribution in [0.3, 0.4) is 0 Å². The predicted molar refractivity (Wildman–Crippen MR) is 160 cm³/mol. The van der Waals surface area contributed by atoms with Gasteiger partial charge in [-0.1, -0.05) is 12.7 Å². The highest BCUT2D eigenvalue weighted by Crippen LogP contribution is 2.30. The molecule has 3 N–H and O–H groups in total. The van der Waals surface area contributed by atoms with Gasteiger partial charge in [-0.05, 0) is 117 Å². The summed E-state index contributed by atoms with van der Waals surface area (Å²) in [6.45, 7) is 10.4. The Bertz CT molecular complexity index is 1800. The van der Waals surface area contributed by atoms with Gasteiger partial charge in [-0.3, -0.25) is 15.1 Å². The number of piperidine rings is 1. The van der Waals surface area contributed by atoms with Crippen molar-refractivity contribution < 1.29 is 4.39 Å². The third-order valence-corrected chi connectivity index (χ3v) is 7.71. The molecular weight excluding hydrogens is 499 g/mol. The number of aromatic nitrogens is 5. The van der Waals surface area contributed by atoms with E-state index < -0.39 is 0 Å². The number of H-pyrrole nitrogens is 2. The normalized spacial score (nSPS) is 15.3. The molecule has 0 atom stereocenters. The molecule has 6 nitrogen and oxygen atoms in total. The molecule has 202 valence electrons. The molecule has 0 unspecified atom stereocenters. The maximum absolute atomic E-state index is 14.2. The molecule has 1 saturated heterocycles. The third-order valence-electron chi connectivity index (χ3n) is 7.71. The van der Waals surface area contributed by atoms with Crippen LogP contribution in [0.5, 0.6) is 0 Å². The summed E-state index contributed by atoms with van der Waals surface area (Å²) in [7, 11) is 0. The van der Waals surface area contributed by atoms with Crippen molar-refractivity contribution in [1.29, 1.82) is 0 Å². The summed E-state index contributed by atoms with van der Waals surface area (Å²) < 4.78 is 14.2. The minimum Gasteiger partial charge on any atom is -0.353 e. The molecule has 1 fully saturated rings. The summed E-state index contributed by atoms with van der Waals surface area (Å²) in [4.78, 5) is 12.6. The number of hydrogen-bond donors (Lipinski definition) is 3. The van der Waals surface area contributed by atoms with Gasteiger partial charge in [0.1, 0.15) is 11.5 Å². The Hall–Kier alpha value is -4.36. The van der Waals surface area contributed by atoms with E-state index in [1.165, 1.54) is 30.5 Å². The Morgan fingerprint density at radius 1 is 1.10 bits per heavy atom. The van der Waals surface area contributed by atoms with Crippen LogP contribution in [-0.4, -0.2) is 38.2 Å². The first-order chi connectivity index (χ1) is 19.5. The molecule has 0 bridgehead atoms. The number of nitrogens with one attached hydrogen (secondary N) is 3. The molecule has 5 aromatic rings. The summed E-state index contributed by atoms with van der Waals surface area (Å²) in [5.41, 5.74) is 7.99. The Balaban J connectivity index is 1.38. The fourth-order valence-electron chi connectivity index (χ4n) is 5.67. The van der Waals surface area contributed by atoms with E-state index in [0.29, 0.717) is 5.92 Å². The number of halogens is 1. The molecule has 1 aliphatic rings. The van der Waals surface area contributed by atoms with Crippen molar-refractivity contribution in [1.82, 2.24) is 30.5 Å². The average Bonchev–Trinajstić information content (AvgIpc) is 3.57. The predicted octanol–water partition coefficient (Wildman–Crippen LogP) is 5.30. The van der Waals surface area contributed by atoms with E-state index >= 15 is 0 Å². The number of fused-ring (bicyclic) bond motifs is 1. The number of allylic oxidation sites excluding steroid dienone is 1. The second-order valence-electron chi connectivity index (χ2n) is 10.7. The summed E-state index contributed by atoms with van der Waals surface area (Å²) in [6, 6.07) is 11.2. The molecule has 5 heterocycles. The zero-order valence-electron chi connectivity index (χ0n) is 22.9. The van der Waals surface area contributed by atoms with Gasteiger partial charge in [0.15, 0.2) is 0 Å². The van der Waals surface area contributed by atoms with E-state index in [2.05, 4.69) is 49.2 Å². The van der Waals surface area contributed by atoms with Crippen molar-refractivity contribution in [3.63, 3.8) is 0 Å². The Morgan fingerprint density at radius 3 is 2.75 bits per heavy atom. The van der Waals surface area contributed by atoms with Gasteiger partial charge in [0.25, 0.3) is 0 Å². The lowest BCUT2D eigenvalue weighted by atomic mass is 9.91. The third kappa shape index (κ3) is 5.25. The second-order valence-corrected chi connectivity index (χ2v) is 10.7. The van der Waals surface area contributed by atoms with Crippen LogP contribution in [-0.2, 0) is 6.42 Å². The van der Waals surface area contributed by atoms with Crippen LogP contribution >= 0.6 is 0 Å². The topological polar surface area (TPSA) is 82.3 Å². The number of pyridine rings is 2. The molecule has 40 heavy (non-hydrogen) atoms. The van der Waals surface area contributed by atoms with Crippen molar-refractivity contribution in [2.24, 2.45) is 5.92 Å². The second kappa shape index (κ2) is 11.0. The zero-order chi connectivity index (χ0) is 27.6. The molecule has 0 spiro atoms. The van der Waals surface area contributed by atoms with E-state index in [9.17, 15) is 4.39 Å². The van der Waals surface area contributed by atoms with Gasteiger partial charge in [0, 0.05) is 40.3 Å². The molecule has 4 aromatic heterocycles. The van der Waals surface area contributed by atoms with Gasteiger partial charge >= 0.3 is 0 Å². The Kier molecular flexibility index (Phi) is 7.13. The number of benzene rings is 1. The standard InChI is InChI=1S/C33H33FN6/c1-4-29-27(13-21(3)25-15-23(18-36-19-25)14-22-5-8-35-9-6-22)33(40-39-29)31-17-28-30(38-31)7-10-37-32(28)24-11-20(2)12-26(34)16-24/h4,7,10-13,15-19,22,35,38-39H,3,5-6,8-9,14H2,1-2H3/b27-13+,29-4+. The van der Waals surface area contributed by atoms with E-state index in [1.54, 1.807) is 6.20 Å². The quantitative estimate of drug-likeness (QED) is 0.277. The summed E-state index contributed by atoms with van der Waals surface area (Å²) in [6.07, 6.45) is 13.1. The maximum Gasteiger partial charge on any atom is 0.124 e. The highest BCUT2D eigenvalue weighted by Gasteiger charge is 2.16. The molecule has 7 heteroatoms. The molecule has 0 amide bonds. The SMILES string of the molecule is C=C(/C=c1/c(-c2cc3c(-c4cc(C)cc(F)c4)nccc3[nH]2)n[nH]/c1=C/C)c1cncc(CC2CCNCC2)c1. The highest BCUT2D eigenvalue weighted by molar-refractivity contribution is 5.96. The first-order valence-corrected chi connectivity index (χ1v) is 13.8. The lowest BCUT2D eigenvalue weighted by molar-refractivity contribution is 0.372. The van der Waals surface area contributed by atoms with Crippen LogP contribution in [0.2, 0.25) is 0 Å². The summed E-state index contributed by atoms with van der Waals surface area (Å²) in [5, 5.41) is 14.0. The molecule has 0 radical (unpaired) electrons. The van der Waals surface area contributed by atoms with Gasteiger partial charge in [-0.2, -0.15) is 5.10 Å². The Morgan fingerprint density at radius 2 is 1.95 bits per heavy atom. The number of aryl methyl sites for hydroxylation is 1. The van der Waals surface area contributed by atoms with Crippen molar-refractivity contribution in [2.75, 3.05) is 13.1 Å². The van der Waals surface area contributed by atoms with E-state index in [4.69, 9.17) is 0 Å². The summed E-state index contributed by atoms with van der Waals surface area (Å²) >= 11 is 0. The van der Waals surface area contributed by atoms with Crippen LogP contribution in [0, 0.1) is 18.7 Å². The molecule has 1 aliphatic heterocycles. The van der Waals surface area contributed by atoms with Crippen LogP contribution in [0.25, 0.3) is 51.3 Å². The van der Waals surface area contributed by atoms with Gasteiger partial charge in [0.05, 0.1) is 16.7 Å². The largest absolute Gasteiger partial charge is 0.353 e. The number of rotatable bonds is 6. The van der Waals surface area contributed by atoms with Crippen molar-refractivity contribution in [3.05, 3.63) is 94.6 Å². The fraction of sp³-hybridized carbons (Fsp3) is 0.242. The average molecular weight is 533 g/mol. The van der Waals surface area contributed by atoms with Gasteiger partial charge in [0.2, 0.25) is 0 Å². The highest BCUT2D eigenvalue weighted by atomic mass is 19.1. The van der Waals surface area contributed by atoms with Gasteiger partial charge in [-0.25, -0.2) is 4.39 Å². The zero-order valence-corrected chi connectivity index (χ0v) is 22.9. The first-order valence-electron chi connectivity index (χ1n) is 13.8. The first kappa shape index (κ1) is 25.9. The maximum atomic E-state index is 14.2. The van der Waals surface area contributed by atoms with Crippen molar-refractivity contribution >= 4 is 28.6 Å². The van der Waals surface area contributed by atoms with Crippen molar-refractivity contribution in [3.8, 4) is 22.6 Å². The molecule has 6 rings (SSSR count). The Labute approximate surface area is 232 Å².